The molecule has 0 spiro atoms. The Kier molecular flexibility index (Phi) is 4.41. The van der Waals surface area contributed by atoms with Gasteiger partial charge in [0.2, 0.25) is 0 Å². The van der Waals surface area contributed by atoms with Gasteiger partial charge in [0.05, 0.1) is 10.7 Å². The summed E-state index contributed by atoms with van der Waals surface area (Å²) < 4.78 is 0. The number of rotatable bonds is 6. The highest BCUT2D eigenvalue weighted by Gasteiger charge is 2.34. The summed E-state index contributed by atoms with van der Waals surface area (Å²) >= 11 is 1.81. The minimum absolute atomic E-state index is 0.408. The van der Waals surface area contributed by atoms with Gasteiger partial charge >= 0.3 is 0 Å². The third-order valence-electron chi connectivity index (χ3n) is 4.29. The Morgan fingerprint density at radius 2 is 2.17 bits per heavy atom. The SMILES string of the molecule is Cc1nc(C)c(C(C)NCCC2(CN)CCC2)s1. The van der Waals surface area contributed by atoms with Crippen molar-refractivity contribution >= 4 is 11.3 Å². The van der Waals surface area contributed by atoms with Gasteiger partial charge in [0.15, 0.2) is 0 Å². The molecule has 18 heavy (non-hydrogen) atoms. The van der Waals surface area contributed by atoms with Crippen molar-refractivity contribution in [2.24, 2.45) is 11.1 Å². The third-order valence-corrected chi connectivity index (χ3v) is 5.54. The molecule has 1 fully saturated rings. The first kappa shape index (κ1) is 14.0. The average Bonchev–Trinajstić information content (AvgIpc) is 2.61. The lowest BCUT2D eigenvalue weighted by Gasteiger charge is -2.41. The Labute approximate surface area is 114 Å². The van der Waals surface area contributed by atoms with Crippen molar-refractivity contribution in [3.05, 3.63) is 15.6 Å². The average molecular weight is 267 g/mol. The fraction of sp³-hybridized carbons (Fsp3) is 0.786. The highest BCUT2D eigenvalue weighted by Crippen LogP contribution is 2.42. The van der Waals surface area contributed by atoms with E-state index >= 15 is 0 Å². The first-order valence-corrected chi connectivity index (χ1v) is 7.75. The molecular formula is C14H25N3S. The number of thiazole rings is 1. The van der Waals surface area contributed by atoms with Crippen molar-refractivity contribution in [3.8, 4) is 0 Å². The molecule has 3 nitrogen and oxygen atoms in total. The number of aromatic nitrogens is 1. The smallest absolute Gasteiger partial charge is 0.0900 e. The van der Waals surface area contributed by atoms with Gasteiger partial charge in [-0.15, -0.1) is 11.3 Å². The van der Waals surface area contributed by atoms with Crippen LogP contribution in [0.2, 0.25) is 0 Å². The number of nitrogens with two attached hydrogens (primary N) is 1. The Hall–Kier alpha value is -0.450. The maximum atomic E-state index is 5.89. The van der Waals surface area contributed by atoms with Gasteiger partial charge in [-0.1, -0.05) is 6.42 Å². The summed E-state index contributed by atoms with van der Waals surface area (Å²) in [6, 6.07) is 0.408. The fourth-order valence-electron chi connectivity index (χ4n) is 2.83. The van der Waals surface area contributed by atoms with Gasteiger partial charge in [0.25, 0.3) is 0 Å². The van der Waals surface area contributed by atoms with E-state index in [1.165, 1.54) is 36.3 Å². The van der Waals surface area contributed by atoms with Crippen LogP contribution in [0.1, 0.15) is 54.2 Å². The maximum absolute atomic E-state index is 5.89. The zero-order valence-electron chi connectivity index (χ0n) is 11.8. The van der Waals surface area contributed by atoms with Gasteiger partial charge in [0.1, 0.15) is 0 Å². The number of aryl methyl sites for hydroxylation is 2. The molecule has 1 heterocycles. The summed E-state index contributed by atoms with van der Waals surface area (Å²) in [5.41, 5.74) is 7.51. The molecule has 1 aliphatic carbocycles. The zero-order chi connectivity index (χ0) is 13.2. The molecule has 2 rings (SSSR count). The first-order valence-electron chi connectivity index (χ1n) is 6.94. The number of nitrogens with zero attached hydrogens (tertiary/aromatic N) is 1. The normalized spacial score (nSPS) is 19.6. The van der Waals surface area contributed by atoms with Crippen LogP contribution in [0.5, 0.6) is 0 Å². The van der Waals surface area contributed by atoms with E-state index in [1.807, 2.05) is 11.3 Å². The van der Waals surface area contributed by atoms with E-state index in [2.05, 4.69) is 31.1 Å². The highest BCUT2D eigenvalue weighted by molar-refractivity contribution is 7.11. The van der Waals surface area contributed by atoms with Crippen molar-refractivity contribution in [1.29, 1.82) is 0 Å². The minimum Gasteiger partial charge on any atom is -0.330 e. The van der Waals surface area contributed by atoms with E-state index in [9.17, 15) is 0 Å². The standard InChI is InChI=1S/C14H25N3S/c1-10(13-11(2)17-12(3)18-13)16-8-7-14(9-15)5-4-6-14/h10,16H,4-9,15H2,1-3H3. The Morgan fingerprint density at radius 3 is 2.61 bits per heavy atom. The third kappa shape index (κ3) is 2.92. The Morgan fingerprint density at radius 1 is 1.44 bits per heavy atom. The highest BCUT2D eigenvalue weighted by atomic mass is 32.1. The molecule has 1 aliphatic rings. The van der Waals surface area contributed by atoms with Crippen molar-refractivity contribution in [1.82, 2.24) is 10.3 Å². The molecule has 0 radical (unpaired) electrons. The molecule has 4 heteroatoms. The quantitative estimate of drug-likeness (QED) is 0.833. The van der Waals surface area contributed by atoms with Crippen LogP contribution in [0.15, 0.2) is 0 Å². The predicted octanol–water partition coefficient (Wildman–Crippen LogP) is 2.93. The lowest BCUT2D eigenvalue weighted by atomic mass is 9.67. The van der Waals surface area contributed by atoms with Gasteiger partial charge in [-0.2, -0.15) is 0 Å². The molecule has 0 bridgehead atoms. The molecule has 1 unspecified atom stereocenters. The zero-order valence-corrected chi connectivity index (χ0v) is 12.6. The van der Waals surface area contributed by atoms with Crippen LogP contribution in [0.3, 0.4) is 0 Å². The van der Waals surface area contributed by atoms with Crippen molar-refractivity contribution < 1.29 is 0 Å². The summed E-state index contributed by atoms with van der Waals surface area (Å²) in [6.07, 6.45) is 5.21. The summed E-state index contributed by atoms with van der Waals surface area (Å²) in [6.45, 7) is 8.32. The second kappa shape index (κ2) is 5.68. The van der Waals surface area contributed by atoms with Crippen molar-refractivity contribution in [2.45, 2.75) is 52.5 Å². The Bertz CT molecular complexity index is 390. The van der Waals surface area contributed by atoms with E-state index in [1.54, 1.807) is 0 Å². The second-order valence-corrected chi connectivity index (χ2v) is 6.90. The number of hydrogen-bond donors (Lipinski definition) is 2. The number of nitrogens with one attached hydrogen (secondary N) is 1. The molecule has 0 amide bonds. The maximum Gasteiger partial charge on any atom is 0.0900 e. The number of hydrogen-bond acceptors (Lipinski definition) is 4. The first-order chi connectivity index (χ1) is 8.56. The molecule has 1 aromatic rings. The van der Waals surface area contributed by atoms with Gasteiger partial charge < -0.3 is 11.1 Å². The summed E-state index contributed by atoms with van der Waals surface area (Å²) in [5, 5.41) is 4.79. The van der Waals surface area contributed by atoms with E-state index in [0.29, 0.717) is 11.5 Å². The lowest BCUT2D eigenvalue weighted by Crippen LogP contribution is -2.40. The molecule has 102 valence electrons. The van der Waals surface area contributed by atoms with Gasteiger partial charge in [0, 0.05) is 10.9 Å². The van der Waals surface area contributed by atoms with E-state index in [-0.39, 0.29) is 0 Å². The summed E-state index contributed by atoms with van der Waals surface area (Å²) in [5.74, 6) is 0. The molecule has 3 N–H and O–H groups in total. The van der Waals surface area contributed by atoms with Gasteiger partial charge in [-0.3, -0.25) is 0 Å². The van der Waals surface area contributed by atoms with E-state index < -0.39 is 0 Å². The fourth-order valence-corrected chi connectivity index (χ4v) is 3.78. The largest absolute Gasteiger partial charge is 0.330 e. The molecular weight excluding hydrogens is 242 g/mol. The lowest BCUT2D eigenvalue weighted by molar-refractivity contribution is 0.129. The van der Waals surface area contributed by atoms with Gasteiger partial charge in [-0.05, 0) is 58.5 Å². The van der Waals surface area contributed by atoms with E-state index in [0.717, 1.165) is 18.1 Å². The summed E-state index contributed by atoms with van der Waals surface area (Å²) in [4.78, 5) is 5.87. The molecule has 0 aromatic carbocycles. The molecule has 0 aliphatic heterocycles. The monoisotopic (exact) mass is 267 g/mol. The molecule has 1 aromatic heterocycles. The molecule has 1 atom stereocenters. The predicted molar refractivity (Wildman–Crippen MR) is 78.0 cm³/mol. The molecule has 0 saturated heterocycles. The van der Waals surface area contributed by atoms with Crippen LogP contribution in [0.4, 0.5) is 0 Å². The van der Waals surface area contributed by atoms with Crippen LogP contribution >= 0.6 is 11.3 Å². The van der Waals surface area contributed by atoms with Crippen LogP contribution in [0, 0.1) is 19.3 Å². The topological polar surface area (TPSA) is 50.9 Å². The summed E-state index contributed by atoms with van der Waals surface area (Å²) in [7, 11) is 0. The molecule has 1 saturated carbocycles. The van der Waals surface area contributed by atoms with E-state index in [4.69, 9.17) is 5.73 Å². The van der Waals surface area contributed by atoms with Crippen molar-refractivity contribution in [2.75, 3.05) is 13.1 Å². The van der Waals surface area contributed by atoms with Gasteiger partial charge in [-0.25, -0.2) is 4.98 Å². The van der Waals surface area contributed by atoms with Crippen LogP contribution < -0.4 is 11.1 Å². The van der Waals surface area contributed by atoms with Crippen LogP contribution in [-0.2, 0) is 0 Å². The Balaban J connectivity index is 1.81. The van der Waals surface area contributed by atoms with Crippen LogP contribution in [0.25, 0.3) is 0 Å². The second-order valence-electron chi connectivity index (χ2n) is 5.67. The van der Waals surface area contributed by atoms with Crippen molar-refractivity contribution in [3.63, 3.8) is 0 Å². The minimum atomic E-state index is 0.408. The van der Waals surface area contributed by atoms with Crippen LogP contribution in [-0.4, -0.2) is 18.1 Å².